The number of carbonyl (C=O) groups is 3. The lowest BCUT2D eigenvalue weighted by Gasteiger charge is -2.49. The number of rotatable bonds is 10. The molecule has 0 unspecified atom stereocenters. The molecule has 1 fully saturated rings. The van der Waals surface area contributed by atoms with Gasteiger partial charge in [0.05, 0.1) is 18.2 Å². The van der Waals surface area contributed by atoms with Crippen molar-refractivity contribution in [3.63, 3.8) is 0 Å². The van der Waals surface area contributed by atoms with E-state index in [2.05, 4.69) is 20.3 Å². The third-order valence-corrected chi connectivity index (χ3v) is 8.59. The fourth-order valence-corrected chi connectivity index (χ4v) is 6.83. The Kier molecular flexibility index (Phi) is 9.63. The van der Waals surface area contributed by atoms with E-state index in [9.17, 15) is 22.8 Å². The van der Waals surface area contributed by atoms with E-state index < -0.39 is 45.9 Å². The minimum atomic E-state index is -3.58. The third kappa shape index (κ3) is 7.26. The van der Waals surface area contributed by atoms with Gasteiger partial charge in [-0.15, -0.1) is 0 Å². The van der Waals surface area contributed by atoms with Gasteiger partial charge in [-0.2, -0.15) is 4.98 Å². The molecule has 0 saturated heterocycles. The van der Waals surface area contributed by atoms with Crippen molar-refractivity contribution in [1.82, 2.24) is 25.2 Å². The van der Waals surface area contributed by atoms with Gasteiger partial charge in [-0.05, 0) is 42.2 Å². The summed E-state index contributed by atoms with van der Waals surface area (Å²) in [6, 6.07) is 11.9. The van der Waals surface area contributed by atoms with E-state index in [1.54, 1.807) is 53.4 Å². The van der Waals surface area contributed by atoms with Gasteiger partial charge in [0.15, 0.2) is 12.4 Å². The van der Waals surface area contributed by atoms with Crippen molar-refractivity contribution in [2.45, 2.75) is 69.9 Å². The number of amides is 2. The molecule has 1 aliphatic carbocycles. The van der Waals surface area contributed by atoms with Crippen molar-refractivity contribution in [3.8, 4) is 0 Å². The fourth-order valence-electron chi connectivity index (χ4n) is 5.88. The average Bonchev–Trinajstić information content (AvgIpc) is 3.44. The number of nitrogens with one attached hydrogen (secondary N) is 2. The van der Waals surface area contributed by atoms with Crippen molar-refractivity contribution < 1.29 is 36.9 Å². The van der Waals surface area contributed by atoms with Crippen molar-refractivity contribution >= 4 is 39.4 Å². The monoisotopic (exact) mass is 645 g/mol. The molecule has 2 aliphatic rings. The summed E-state index contributed by atoms with van der Waals surface area (Å²) in [7, 11) is -3.58. The van der Waals surface area contributed by atoms with Gasteiger partial charge in [-0.1, -0.05) is 59.9 Å². The Morgan fingerprint density at radius 1 is 1.09 bits per heavy atom. The minimum absolute atomic E-state index is 0.0630. The SMILES string of the molecule is CC(=O)OCc1nc(CONC(=O)[C@@H]2c3ccccc3C(=O)N([C@H]3CCCC[C@@H]3NS(C)(=O)=O)[C@H]2c2ccc(Cl)cc2)no1. The van der Waals surface area contributed by atoms with Gasteiger partial charge >= 0.3 is 5.97 Å². The zero-order chi connectivity index (χ0) is 31.4. The van der Waals surface area contributed by atoms with Gasteiger partial charge in [0.25, 0.3) is 17.7 Å². The number of fused-ring (bicyclic) bond motifs is 1. The highest BCUT2D eigenvalue weighted by molar-refractivity contribution is 7.88. The van der Waals surface area contributed by atoms with E-state index in [-0.39, 0.29) is 30.8 Å². The molecule has 0 spiro atoms. The number of aromatic nitrogens is 2. The van der Waals surface area contributed by atoms with Gasteiger partial charge < -0.3 is 14.2 Å². The van der Waals surface area contributed by atoms with Crippen molar-refractivity contribution in [1.29, 1.82) is 0 Å². The molecule has 2 N–H and O–H groups in total. The van der Waals surface area contributed by atoms with Gasteiger partial charge in [0, 0.05) is 29.6 Å². The molecule has 0 radical (unpaired) electrons. The van der Waals surface area contributed by atoms with Crippen LogP contribution in [0.4, 0.5) is 0 Å². The van der Waals surface area contributed by atoms with Crippen molar-refractivity contribution in [2.75, 3.05) is 6.26 Å². The first kappa shape index (κ1) is 31.6. The maximum absolute atomic E-state index is 14.2. The maximum atomic E-state index is 14.2. The van der Waals surface area contributed by atoms with Crippen LogP contribution < -0.4 is 10.2 Å². The number of esters is 1. The van der Waals surface area contributed by atoms with Crippen molar-refractivity contribution in [3.05, 3.63) is 82.0 Å². The lowest BCUT2D eigenvalue weighted by molar-refractivity contribution is -0.143. The summed E-state index contributed by atoms with van der Waals surface area (Å²) in [5.41, 5.74) is 3.97. The van der Waals surface area contributed by atoms with Gasteiger partial charge in [0.1, 0.15) is 6.61 Å². The molecule has 3 aromatic rings. The zero-order valence-electron chi connectivity index (χ0n) is 24.1. The van der Waals surface area contributed by atoms with Crippen LogP contribution in [0.1, 0.15) is 77.8 Å². The number of halogens is 1. The number of carbonyl (C=O) groups excluding carboxylic acids is 3. The van der Waals surface area contributed by atoms with Gasteiger partial charge in [0.2, 0.25) is 10.0 Å². The molecule has 2 heterocycles. The Hall–Kier alpha value is -3.85. The molecule has 2 amide bonds. The molecule has 234 valence electrons. The van der Waals surface area contributed by atoms with Crippen LogP contribution in [0.2, 0.25) is 5.02 Å². The summed E-state index contributed by atoms with van der Waals surface area (Å²) < 4.78 is 37.2. The van der Waals surface area contributed by atoms with Gasteiger partial charge in [-0.25, -0.2) is 18.6 Å². The normalized spacial score (nSPS) is 21.9. The van der Waals surface area contributed by atoms with E-state index in [1.807, 2.05) is 0 Å². The number of hydrogen-bond acceptors (Lipinski definition) is 10. The number of sulfonamides is 1. The van der Waals surface area contributed by atoms with E-state index in [0.717, 1.165) is 19.1 Å². The number of benzene rings is 2. The van der Waals surface area contributed by atoms with Gasteiger partial charge in [-0.3, -0.25) is 19.2 Å². The number of hydroxylamine groups is 1. The Bertz CT molecular complexity index is 1630. The van der Waals surface area contributed by atoms with Crippen LogP contribution in [0.3, 0.4) is 0 Å². The highest BCUT2D eigenvalue weighted by atomic mass is 35.5. The lowest BCUT2D eigenvalue weighted by atomic mass is 9.76. The third-order valence-electron chi connectivity index (χ3n) is 7.61. The topological polar surface area (TPSA) is 170 Å². The molecule has 1 aromatic heterocycles. The second kappa shape index (κ2) is 13.4. The number of nitrogens with zero attached hydrogens (tertiary/aromatic N) is 3. The first-order chi connectivity index (χ1) is 21.0. The van der Waals surface area contributed by atoms with Crippen LogP contribution in [0.25, 0.3) is 0 Å². The average molecular weight is 646 g/mol. The van der Waals surface area contributed by atoms with E-state index in [1.165, 1.54) is 6.92 Å². The molecule has 15 heteroatoms. The van der Waals surface area contributed by atoms with E-state index in [4.69, 9.17) is 25.7 Å². The molecule has 44 heavy (non-hydrogen) atoms. The molecular weight excluding hydrogens is 614 g/mol. The summed E-state index contributed by atoms with van der Waals surface area (Å²) in [6.45, 7) is 0.805. The molecule has 4 atom stereocenters. The van der Waals surface area contributed by atoms with Crippen LogP contribution >= 0.6 is 11.6 Å². The smallest absolute Gasteiger partial charge is 0.303 e. The second-order valence-corrected chi connectivity index (χ2v) is 13.0. The summed E-state index contributed by atoms with van der Waals surface area (Å²) >= 11 is 6.20. The first-order valence-corrected chi connectivity index (χ1v) is 16.3. The highest BCUT2D eigenvalue weighted by Crippen LogP contribution is 2.46. The standard InChI is InChI=1S/C29H32ClN5O8S/c1-17(36)41-16-25-31-24(32-43-25)15-42-33-28(37)26-20-7-3-4-8-21(20)29(38)35(27(26)18-11-13-19(30)14-12-18)23-10-6-5-9-22(23)34-44(2,39)40/h3-4,7-8,11-14,22-23,26-27,34H,5-6,9-10,15-16H2,1-2H3,(H,33,37)/t22-,23-,26+,27-/m0/s1. The maximum Gasteiger partial charge on any atom is 0.303 e. The molecule has 0 bridgehead atoms. The second-order valence-electron chi connectivity index (χ2n) is 10.8. The predicted octanol–water partition coefficient (Wildman–Crippen LogP) is 3.18. The molecule has 1 aliphatic heterocycles. The Labute approximate surface area is 259 Å². The predicted molar refractivity (Wildman–Crippen MR) is 156 cm³/mol. The Balaban J connectivity index is 1.48. The van der Waals surface area contributed by atoms with Crippen LogP contribution in [0.5, 0.6) is 0 Å². The number of hydrogen-bond donors (Lipinski definition) is 2. The van der Waals surface area contributed by atoms with E-state index >= 15 is 0 Å². The summed E-state index contributed by atoms with van der Waals surface area (Å²) in [5, 5.41) is 4.24. The fraction of sp³-hybridized carbons (Fsp3) is 0.414. The molecule has 2 aromatic carbocycles. The quantitative estimate of drug-likeness (QED) is 0.247. The van der Waals surface area contributed by atoms with Crippen LogP contribution in [-0.2, 0) is 42.4 Å². The Morgan fingerprint density at radius 3 is 2.55 bits per heavy atom. The zero-order valence-corrected chi connectivity index (χ0v) is 25.6. The summed E-state index contributed by atoms with van der Waals surface area (Å²) in [5.74, 6) is -2.11. The molecular formula is C29H32ClN5O8S. The first-order valence-electron chi connectivity index (χ1n) is 14.0. The lowest BCUT2D eigenvalue weighted by Crippen LogP contribution is -2.59. The van der Waals surface area contributed by atoms with Crippen LogP contribution in [0.15, 0.2) is 53.1 Å². The highest BCUT2D eigenvalue weighted by Gasteiger charge is 2.49. The Morgan fingerprint density at radius 2 is 1.82 bits per heavy atom. The van der Waals surface area contributed by atoms with Crippen LogP contribution in [-0.4, -0.2) is 59.6 Å². The molecule has 13 nitrogen and oxygen atoms in total. The van der Waals surface area contributed by atoms with E-state index in [0.29, 0.717) is 34.6 Å². The summed E-state index contributed by atoms with van der Waals surface area (Å²) in [6.07, 6.45) is 3.77. The largest absolute Gasteiger partial charge is 0.456 e. The minimum Gasteiger partial charge on any atom is -0.456 e. The molecule has 1 saturated carbocycles. The molecule has 5 rings (SSSR count). The van der Waals surface area contributed by atoms with Crippen molar-refractivity contribution in [2.24, 2.45) is 0 Å². The number of ether oxygens (including phenoxy) is 1. The summed E-state index contributed by atoms with van der Waals surface area (Å²) in [4.78, 5) is 50.5. The van der Waals surface area contributed by atoms with Crippen LogP contribution in [0, 0.1) is 0 Å².